The van der Waals surface area contributed by atoms with Crippen molar-refractivity contribution < 1.29 is 4.79 Å². The van der Waals surface area contributed by atoms with Gasteiger partial charge in [-0.2, -0.15) is 0 Å². The Morgan fingerprint density at radius 2 is 1.96 bits per heavy atom. The number of nitrogens with zero attached hydrogens (tertiary/aromatic N) is 3. The van der Waals surface area contributed by atoms with Crippen molar-refractivity contribution in [3.8, 4) is 0 Å². The Balaban J connectivity index is 1.35. The maximum atomic E-state index is 12.0. The molecule has 1 aliphatic heterocycles. The van der Waals surface area contributed by atoms with Crippen molar-refractivity contribution in [3.05, 3.63) is 46.4 Å². The van der Waals surface area contributed by atoms with Crippen molar-refractivity contribution in [2.45, 2.75) is 19.9 Å². The molecule has 1 aromatic heterocycles. The first-order chi connectivity index (χ1) is 11.7. The third-order valence-electron chi connectivity index (χ3n) is 4.28. The van der Waals surface area contributed by atoms with Crippen molar-refractivity contribution in [3.63, 3.8) is 0 Å². The fourth-order valence-electron chi connectivity index (χ4n) is 2.89. The quantitative estimate of drug-likeness (QED) is 0.873. The first kappa shape index (κ1) is 16.9. The number of hydrogen-bond donors (Lipinski definition) is 1. The summed E-state index contributed by atoms with van der Waals surface area (Å²) in [4.78, 5) is 22.1. The van der Waals surface area contributed by atoms with Crippen LogP contribution in [0.1, 0.15) is 16.3 Å². The molecule has 0 radical (unpaired) electrons. The van der Waals surface area contributed by atoms with E-state index in [2.05, 4.69) is 44.4 Å². The molecule has 2 aromatic rings. The van der Waals surface area contributed by atoms with E-state index in [1.807, 2.05) is 19.2 Å². The minimum Gasteiger partial charge on any atom is -0.369 e. The molecule has 2 heterocycles. The van der Waals surface area contributed by atoms with Crippen LogP contribution < -0.4 is 10.2 Å². The molecule has 0 unspecified atom stereocenters. The molecule has 3 rings (SSSR count). The SMILES string of the molecule is Cc1ncc(CNC(=O)CCN2CCN(c3ccccc3)CC2)s1. The van der Waals surface area contributed by atoms with E-state index >= 15 is 0 Å². The van der Waals surface area contributed by atoms with Gasteiger partial charge in [0.2, 0.25) is 5.91 Å². The van der Waals surface area contributed by atoms with Gasteiger partial charge in [-0.15, -0.1) is 11.3 Å². The zero-order chi connectivity index (χ0) is 16.8. The molecule has 0 bridgehead atoms. The van der Waals surface area contributed by atoms with Crippen LogP contribution in [0.15, 0.2) is 36.5 Å². The predicted octanol–water partition coefficient (Wildman–Crippen LogP) is 2.28. The highest BCUT2D eigenvalue weighted by atomic mass is 32.1. The lowest BCUT2D eigenvalue weighted by atomic mass is 10.2. The number of carbonyl (C=O) groups excluding carboxylic acids is 1. The summed E-state index contributed by atoms with van der Waals surface area (Å²) in [5.74, 6) is 0.117. The molecule has 1 aromatic carbocycles. The van der Waals surface area contributed by atoms with Crippen molar-refractivity contribution in [1.82, 2.24) is 15.2 Å². The first-order valence-electron chi connectivity index (χ1n) is 8.41. The number of amides is 1. The maximum absolute atomic E-state index is 12.0. The standard InChI is InChI=1S/C18H24N4OS/c1-15-19-13-17(24-15)14-20-18(23)7-8-21-9-11-22(12-10-21)16-5-3-2-4-6-16/h2-6,13H,7-12,14H2,1H3,(H,20,23). The molecule has 1 amide bonds. The summed E-state index contributed by atoms with van der Waals surface area (Å²) in [6.45, 7) is 7.46. The Hall–Kier alpha value is -1.92. The summed E-state index contributed by atoms with van der Waals surface area (Å²) >= 11 is 1.63. The van der Waals surface area contributed by atoms with Crippen LogP contribution in [0.4, 0.5) is 5.69 Å². The zero-order valence-electron chi connectivity index (χ0n) is 14.1. The largest absolute Gasteiger partial charge is 0.369 e. The molecule has 5 nitrogen and oxygen atoms in total. The number of piperazine rings is 1. The van der Waals surface area contributed by atoms with Gasteiger partial charge in [0, 0.05) is 55.9 Å². The number of rotatable bonds is 6. The molecule has 6 heteroatoms. The van der Waals surface area contributed by atoms with Gasteiger partial charge in [-0.25, -0.2) is 4.98 Å². The number of anilines is 1. The molecule has 0 spiro atoms. The highest BCUT2D eigenvalue weighted by Crippen LogP contribution is 2.15. The average Bonchev–Trinajstić information content (AvgIpc) is 3.05. The fraction of sp³-hybridized carbons (Fsp3) is 0.444. The molecule has 0 atom stereocenters. The minimum atomic E-state index is 0.117. The number of benzene rings is 1. The first-order valence-corrected chi connectivity index (χ1v) is 9.23. The molecule has 1 saturated heterocycles. The van der Waals surface area contributed by atoms with Crippen LogP contribution in [0.2, 0.25) is 0 Å². The highest BCUT2D eigenvalue weighted by Gasteiger charge is 2.17. The Morgan fingerprint density at radius 3 is 2.62 bits per heavy atom. The van der Waals surface area contributed by atoms with Gasteiger partial charge in [0.1, 0.15) is 0 Å². The summed E-state index contributed by atoms with van der Waals surface area (Å²) in [7, 11) is 0. The Bertz CT molecular complexity index is 650. The fourth-order valence-corrected chi connectivity index (χ4v) is 3.62. The molecule has 1 aliphatic rings. The summed E-state index contributed by atoms with van der Waals surface area (Å²) in [6, 6.07) is 10.5. The van der Waals surface area contributed by atoms with Gasteiger partial charge < -0.3 is 10.2 Å². The molecule has 1 fully saturated rings. The second-order valence-corrected chi connectivity index (χ2v) is 7.36. The number of thiazole rings is 1. The summed E-state index contributed by atoms with van der Waals surface area (Å²) in [6.07, 6.45) is 2.40. The van der Waals surface area contributed by atoms with E-state index in [1.54, 1.807) is 11.3 Å². The molecule has 1 N–H and O–H groups in total. The zero-order valence-corrected chi connectivity index (χ0v) is 14.9. The normalized spacial score (nSPS) is 15.5. The van der Waals surface area contributed by atoms with Gasteiger partial charge in [0.05, 0.1) is 11.6 Å². The van der Waals surface area contributed by atoms with Crippen LogP contribution in [-0.2, 0) is 11.3 Å². The van der Waals surface area contributed by atoms with E-state index in [0.717, 1.165) is 42.6 Å². The molecule has 24 heavy (non-hydrogen) atoms. The van der Waals surface area contributed by atoms with Crippen LogP contribution >= 0.6 is 11.3 Å². The van der Waals surface area contributed by atoms with Gasteiger partial charge in [-0.3, -0.25) is 9.69 Å². The number of nitrogens with one attached hydrogen (secondary N) is 1. The maximum Gasteiger partial charge on any atom is 0.221 e. The second kappa shape index (κ2) is 8.26. The van der Waals surface area contributed by atoms with Gasteiger partial charge in [-0.1, -0.05) is 18.2 Å². The van der Waals surface area contributed by atoms with Crippen molar-refractivity contribution >= 4 is 22.9 Å². The summed E-state index contributed by atoms with van der Waals surface area (Å²) < 4.78 is 0. The lowest BCUT2D eigenvalue weighted by Crippen LogP contribution is -2.47. The molecular weight excluding hydrogens is 320 g/mol. The van der Waals surface area contributed by atoms with E-state index in [-0.39, 0.29) is 5.91 Å². The van der Waals surface area contributed by atoms with Gasteiger partial charge in [-0.05, 0) is 19.1 Å². The third-order valence-corrected chi connectivity index (χ3v) is 5.19. The Morgan fingerprint density at radius 1 is 1.21 bits per heavy atom. The third kappa shape index (κ3) is 4.79. The van der Waals surface area contributed by atoms with Crippen molar-refractivity contribution in [2.24, 2.45) is 0 Å². The molecule has 0 saturated carbocycles. The lowest BCUT2D eigenvalue weighted by molar-refractivity contribution is -0.121. The Kier molecular flexibility index (Phi) is 5.82. The van der Waals surface area contributed by atoms with Crippen molar-refractivity contribution in [1.29, 1.82) is 0 Å². The number of para-hydroxylation sites is 1. The monoisotopic (exact) mass is 344 g/mol. The highest BCUT2D eigenvalue weighted by molar-refractivity contribution is 7.11. The van der Waals surface area contributed by atoms with Crippen molar-refractivity contribution in [2.75, 3.05) is 37.6 Å². The average molecular weight is 344 g/mol. The molecule has 128 valence electrons. The minimum absolute atomic E-state index is 0.117. The smallest absolute Gasteiger partial charge is 0.221 e. The number of aryl methyl sites for hydroxylation is 1. The van der Waals surface area contributed by atoms with E-state index < -0.39 is 0 Å². The van der Waals surface area contributed by atoms with Crippen LogP contribution in [-0.4, -0.2) is 48.5 Å². The molecular formula is C18H24N4OS. The van der Waals surface area contributed by atoms with E-state index in [0.29, 0.717) is 13.0 Å². The van der Waals surface area contributed by atoms with Gasteiger partial charge >= 0.3 is 0 Å². The predicted molar refractivity (Wildman–Crippen MR) is 98.4 cm³/mol. The van der Waals surface area contributed by atoms with Crippen LogP contribution in [0.25, 0.3) is 0 Å². The Labute approximate surface area is 147 Å². The topological polar surface area (TPSA) is 48.5 Å². The summed E-state index contributed by atoms with van der Waals surface area (Å²) in [5, 5.41) is 4.02. The van der Waals surface area contributed by atoms with E-state index in [9.17, 15) is 4.79 Å². The van der Waals surface area contributed by atoms with Gasteiger partial charge in [0.15, 0.2) is 0 Å². The number of aromatic nitrogens is 1. The van der Waals surface area contributed by atoms with Gasteiger partial charge in [0.25, 0.3) is 0 Å². The summed E-state index contributed by atoms with van der Waals surface area (Å²) in [5.41, 5.74) is 1.29. The number of hydrogen-bond acceptors (Lipinski definition) is 5. The second-order valence-electron chi connectivity index (χ2n) is 6.04. The number of carbonyl (C=O) groups is 1. The van der Waals surface area contributed by atoms with E-state index in [4.69, 9.17) is 0 Å². The lowest BCUT2D eigenvalue weighted by Gasteiger charge is -2.36. The van der Waals surface area contributed by atoms with Crippen LogP contribution in [0, 0.1) is 6.92 Å². The van der Waals surface area contributed by atoms with Crippen LogP contribution in [0.3, 0.4) is 0 Å². The molecule has 0 aliphatic carbocycles. The van der Waals surface area contributed by atoms with Crippen LogP contribution in [0.5, 0.6) is 0 Å². The van der Waals surface area contributed by atoms with E-state index in [1.165, 1.54) is 5.69 Å².